The molecule has 0 amide bonds. The van der Waals surface area contributed by atoms with Crippen LogP contribution in [0.1, 0.15) is 12.0 Å². The molecule has 92 valence electrons. The number of ether oxygens (including phenoxy) is 2. The van der Waals surface area contributed by atoms with Gasteiger partial charge in [-0.3, -0.25) is 4.79 Å². The SMILES string of the molecule is O=C(Cc1cc(F)ccc1Br)CC1OCCO1. The molecule has 0 saturated carbocycles. The zero-order chi connectivity index (χ0) is 12.3. The minimum atomic E-state index is -0.435. The second-order valence-corrected chi connectivity index (χ2v) is 4.68. The molecule has 0 aliphatic carbocycles. The molecule has 0 N–H and O–H groups in total. The molecule has 5 heteroatoms. The molecular formula is C12H12BrFO3. The van der Waals surface area contributed by atoms with Gasteiger partial charge in [0, 0.05) is 10.9 Å². The number of Topliss-reactive ketones (excluding diaryl/α,β-unsaturated/α-hetero) is 1. The van der Waals surface area contributed by atoms with Crippen LogP contribution in [0, 0.1) is 5.82 Å². The molecular weight excluding hydrogens is 291 g/mol. The smallest absolute Gasteiger partial charge is 0.164 e. The normalized spacial score (nSPS) is 16.4. The second-order valence-electron chi connectivity index (χ2n) is 3.83. The van der Waals surface area contributed by atoms with Crippen LogP contribution >= 0.6 is 15.9 Å². The number of carbonyl (C=O) groups is 1. The topological polar surface area (TPSA) is 35.5 Å². The quantitative estimate of drug-likeness (QED) is 0.857. The van der Waals surface area contributed by atoms with E-state index in [0.717, 1.165) is 4.47 Å². The predicted molar refractivity (Wildman–Crippen MR) is 63.1 cm³/mol. The van der Waals surface area contributed by atoms with E-state index < -0.39 is 6.29 Å². The maximum absolute atomic E-state index is 13.0. The molecule has 1 aromatic carbocycles. The van der Waals surface area contributed by atoms with E-state index in [4.69, 9.17) is 9.47 Å². The Morgan fingerprint density at radius 1 is 1.41 bits per heavy atom. The average molecular weight is 303 g/mol. The van der Waals surface area contributed by atoms with Crippen LogP contribution in [-0.4, -0.2) is 25.3 Å². The Labute approximate surface area is 107 Å². The predicted octanol–water partition coefficient (Wildman–Crippen LogP) is 2.46. The van der Waals surface area contributed by atoms with Crippen molar-refractivity contribution in [1.82, 2.24) is 0 Å². The van der Waals surface area contributed by atoms with Crippen LogP contribution in [0.25, 0.3) is 0 Å². The number of carbonyl (C=O) groups excluding carboxylic acids is 1. The summed E-state index contributed by atoms with van der Waals surface area (Å²) in [6.45, 7) is 1.06. The van der Waals surface area contributed by atoms with Crippen LogP contribution in [0.3, 0.4) is 0 Å². The third-order valence-electron chi connectivity index (χ3n) is 2.48. The van der Waals surface area contributed by atoms with Crippen molar-refractivity contribution in [2.45, 2.75) is 19.1 Å². The Kier molecular flexibility index (Phi) is 4.25. The number of benzene rings is 1. The third kappa shape index (κ3) is 3.59. The first-order valence-electron chi connectivity index (χ1n) is 5.34. The molecule has 1 aliphatic heterocycles. The lowest BCUT2D eigenvalue weighted by Crippen LogP contribution is -2.16. The molecule has 1 heterocycles. The van der Waals surface area contributed by atoms with E-state index in [1.807, 2.05) is 0 Å². The van der Waals surface area contributed by atoms with Crippen molar-refractivity contribution < 1.29 is 18.7 Å². The fourth-order valence-electron chi connectivity index (χ4n) is 1.67. The van der Waals surface area contributed by atoms with Crippen molar-refractivity contribution in [3.05, 3.63) is 34.1 Å². The molecule has 0 aromatic heterocycles. The van der Waals surface area contributed by atoms with E-state index in [0.29, 0.717) is 18.8 Å². The number of hydrogen-bond acceptors (Lipinski definition) is 3. The van der Waals surface area contributed by atoms with Gasteiger partial charge in [-0.1, -0.05) is 15.9 Å². The van der Waals surface area contributed by atoms with Crippen molar-refractivity contribution in [3.8, 4) is 0 Å². The lowest BCUT2D eigenvalue weighted by Gasteiger charge is -2.08. The highest BCUT2D eigenvalue weighted by Gasteiger charge is 2.20. The lowest BCUT2D eigenvalue weighted by molar-refractivity contribution is -0.126. The summed E-state index contributed by atoms with van der Waals surface area (Å²) in [5, 5.41) is 0. The molecule has 0 unspecified atom stereocenters. The van der Waals surface area contributed by atoms with Gasteiger partial charge in [-0.15, -0.1) is 0 Å². The highest BCUT2D eigenvalue weighted by atomic mass is 79.9. The standard InChI is InChI=1S/C12H12BrFO3/c13-11-2-1-9(14)5-8(11)6-10(15)7-12-16-3-4-17-12/h1-2,5,12H,3-4,6-7H2. The van der Waals surface area contributed by atoms with Gasteiger partial charge in [-0.25, -0.2) is 4.39 Å². The second kappa shape index (κ2) is 5.71. The monoisotopic (exact) mass is 302 g/mol. The highest BCUT2D eigenvalue weighted by molar-refractivity contribution is 9.10. The van der Waals surface area contributed by atoms with E-state index in [2.05, 4.69) is 15.9 Å². The summed E-state index contributed by atoms with van der Waals surface area (Å²) in [7, 11) is 0. The van der Waals surface area contributed by atoms with Crippen LogP contribution in [0.4, 0.5) is 4.39 Å². The van der Waals surface area contributed by atoms with Gasteiger partial charge in [0.25, 0.3) is 0 Å². The Balaban J connectivity index is 1.95. The first kappa shape index (κ1) is 12.7. The van der Waals surface area contributed by atoms with E-state index in [-0.39, 0.29) is 24.4 Å². The highest BCUT2D eigenvalue weighted by Crippen LogP contribution is 2.20. The molecule has 1 fully saturated rings. The molecule has 3 nitrogen and oxygen atoms in total. The first-order chi connectivity index (χ1) is 8.15. The third-order valence-corrected chi connectivity index (χ3v) is 3.25. The summed E-state index contributed by atoms with van der Waals surface area (Å²) in [5.74, 6) is -0.368. The van der Waals surface area contributed by atoms with Gasteiger partial charge in [0.15, 0.2) is 6.29 Å². The molecule has 2 rings (SSSR count). The van der Waals surface area contributed by atoms with Crippen LogP contribution in [0.15, 0.2) is 22.7 Å². The molecule has 1 aliphatic rings. The molecule has 0 bridgehead atoms. The Morgan fingerprint density at radius 3 is 2.82 bits per heavy atom. The number of hydrogen-bond donors (Lipinski definition) is 0. The van der Waals surface area contributed by atoms with Crippen LogP contribution in [0.5, 0.6) is 0 Å². The van der Waals surface area contributed by atoms with Crippen LogP contribution < -0.4 is 0 Å². The van der Waals surface area contributed by atoms with Gasteiger partial charge in [0.1, 0.15) is 11.6 Å². The van der Waals surface area contributed by atoms with Gasteiger partial charge in [-0.05, 0) is 23.8 Å². The van der Waals surface area contributed by atoms with E-state index >= 15 is 0 Å². The molecule has 17 heavy (non-hydrogen) atoms. The summed E-state index contributed by atoms with van der Waals surface area (Å²) in [6.07, 6.45) is -0.0420. The maximum atomic E-state index is 13.0. The summed E-state index contributed by atoms with van der Waals surface area (Å²) in [6, 6.07) is 4.31. The zero-order valence-corrected chi connectivity index (χ0v) is 10.7. The molecule has 0 atom stereocenters. The Bertz CT molecular complexity index is 416. The van der Waals surface area contributed by atoms with Gasteiger partial charge in [0.2, 0.25) is 0 Å². The molecule has 0 radical (unpaired) electrons. The first-order valence-corrected chi connectivity index (χ1v) is 6.13. The zero-order valence-electron chi connectivity index (χ0n) is 9.12. The van der Waals surface area contributed by atoms with Crippen molar-refractivity contribution in [3.63, 3.8) is 0 Å². The Hall–Kier alpha value is -0.780. The van der Waals surface area contributed by atoms with Crippen LogP contribution in [-0.2, 0) is 20.7 Å². The van der Waals surface area contributed by atoms with Crippen molar-refractivity contribution in [2.75, 3.05) is 13.2 Å². The summed E-state index contributed by atoms with van der Waals surface area (Å²) in [4.78, 5) is 11.7. The lowest BCUT2D eigenvalue weighted by atomic mass is 10.1. The number of halogens is 2. The summed E-state index contributed by atoms with van der Waals surface area (Å²) < 4.78 is 24.1. The average Bonchev–Trinajstić information content (AvgIpc) is 2.76. The fourth-order valence-corrected chi connectivity index (χ4v) is 2.06. The molecule has 0 spiro atoms. The fraction of sp³-hybridized carbons (Fsp3) is 0.417. The maximum Gasteiger partial charge on any atom is 0.164 e. The number of rotatable bonds is 4. The van der Waals surface area contributed by atoms with Crippen molar-refractivity contribution in [1.29, 1.82) is 0 Å². The summed E-state index contributed by atoms with van der Waals surface area (Å²) >= 11 is 3.29. The minimum Gasteiger partial charge on any atom is -0.350 e. The number of ketones is 1. The van der Waals surface area contributed by atoms with E-state index in [9.17, 15) is 9.18 Å². The van der Waals surface area contributed by atoms with Gasteiger partial charge < -0.3 is 9.47 Å². The van der Waals surface area contributed by atoms with Gasteiger partial charge in [0.05, 0.1) is 19.6 Å². The van der Waals surface area contributed by atoms with Gasteiger partial charge >= 0.3 is 0 Å². The van der Waals surface area contributed by atoms with Gasteiger partial charge in [-0.2, -0.15) is 0 Å². The minimum absolute atomic E-state index is 0.0248. The molecule has 1 aromatic rings. The van der Waals surface area contributed by atoms with Crippen molar-refractivity contribution >= 4 is 21.7 Å². The van der Waals surface area contributed by atoms with Crippen LogP contribution in [0.2, 0.25) is 0 Å². The Morgan fingerprint density at radius 2 is 2.12 bits per heavy atom. The largest absolute Gasteiger partial charge is 0.350 e. The van der Waals surface area contributed by atoms with E-state index in [1.54, 1.807) is 6.07 Å². The van der Waals surface area contributed by atoms with E-state index in [1.165, 1.54) is 12.1 Å². The summed E-state index contributed by atoms with van der Waals surface area (Å²) in [5.41, 5.74) is 0.646. The molecule has 1 saturated heterocycles. The van der Waals surface area contributed by atoms with Crippen molar-refractivity contribution in [2.24, 2.45) is 0 Å².